The molecular formula is C15H17FN2O2. The molecule has 0 bridgehead atoms. The molecule has 106 valence electrons. The molecule has 1 atom stereocenters. The van der Waals surface area contributed by atoms with Crippen LogP contribution in [0.1, 0.15) is 18.9 Å². The van der Waals surface area contributed by atoms with E-state index in [1.165, 1.54) is 18.2 Å². The molecule has 1 aromatic carbocycles. The van der Waals surface area contributed by atoms with E-state index in [0.717, 1.165) is 5.56 Å². The maximum absolute atomic E-state index is 12.8. The molecule has 0 aliphatic carbocycles. The summed E-state index contributed by atoms with van der Waals surface area (Å²) < 4.78 is 12.8. The highest BCUT2D eigenvalue weighted by Gasteiger charge is 2.30. The lowest BCUT2D eigenvalue weighted by Gasteiger charge is -2.33. The van der Waals surface area contributed by atoms with E-state index in [-0.39, 0.29) is 17.6 Å². The molecule has 1 aromatic rings. The number of nitrogens with zero attached hydrogens (tertiary/aromatic N) is 1. The molecule has 5 heteroatoms. The second kappa shape index (κ2) is 6.32. The highest BCUT2D eigenvalue weighted by Crippen LogP contribution is 2.11. The smallest absolute Gasteiger partial charge is 0.247 e. The maximum atomic E-state index is 12.8. The van der Waals surface area contributed by atoms with Crippen molar-refractivity contribution in [2.75, 3.05) is 13.1 Å². The van der Waals surface area contributed by atoms with Gasteiger partial charge in [0, 0.05) is 19.2 Å². The fraction of sp³-hybridized carbons (Fsp3) is 0.333. The molecule has 0 spiro atoms. The number of halogens is 1. The summed E-state index contributed by atoms with van der Waals surface area (Å²) in [7, 11) is 0. The summed E-state index contributed by atoms with van der Waals surface area (Å²) in [6.07, 6.45) is 3.64. The first-order valence-corrected chi connectivity index (χ1v) is 6.63. The van der Waals surface area contributed by atoms with Crippen molar-refractivity contribution in [3.63, 3.8) is 0 Å². The minimum atomic E-state index is -0.408. The Morgan fingerprint density at radius 3 is 2.80 bits per heavy atom. The van der Waals surface area contributed by atoms with Crippen LogP contribution < -0.4 is 5.32 Å². The van der Waals surface area contributed by atoms with Crippen molar-refractivity contribution in [2.45, 2.75) is 19.4 Å². The monoisotopic (exact) mass is 276 g/mol. The van der Waals surface area contributed by atoms with Crippen molar-refractivity contribution >= 4 is 17.9 Å². The molecule has 1 aliphatic rings. The molecule has 0 saturated carbocycles. The lowest BCUT2D eigenvalue weighted by molar-refractivity contribution is -0.140. The van der Waals surface area contributed by atoms with Crippen molar-refractivity contribution in [3.8, 4) is 0 Å². The average molecular weight is 276 g/mol. The second-order valence-corrected chi connectivity index (χ2v) is 4.63. The van der Waals surface area contributed by atoms with Crippen molar-refractivity contribution in [3.05, 3.63) is 41.7 Å². The number of nitrogens with one attached hydrogen (secondary N) is 1. The van der Waals surface area contributed by atoms with Gasteiger partial charge in [-0.2, -0.15) is 0 Å². The third kappa shape index (κ3) is 3.23. The fourth-order valence-electron chi connectivity index (χ4n) is 2.22. The Hall–Kier alpha value is -2.17. The topological polar surface area (TPSA) is 49.4 Å². The number of rotatable bonds is 3. The molecule has 1 saturated heterocycles. The molecular weight excluding hydrogens is 259 g/mol. The van der Waals surface area contributed by atoms with E-state index in [4.69, 9.17) is 0 Å². The van der Waals surface area contributed by atoms with Crippen molar-refractivity contribution < 1.29 is 14.0 Å². The van der Waals surface area contributed by atoms with Crippen LogP contribution in [0.2, 0.25) is 0 Å². The molecule has 0 radical (unpaired) electrons. The third-order valence-corrected chi connectivity index (χ3v) is 3.29. The van der Waals surface area contributed by atoms with Crippen molar-refractivity contribution in [2.24, 2.45) is 0 Å². The number of carbonyl (C=O) groups is 2. The number of benzene rings is 1. The summed E-state index contributed by atoms with van der Waals surface area (Å²) in [5.74, 6) is -0.620. The summed E-state index contributed by atoms with van der Waals surface area (Å²) in [4.78, 5) is 25.4. The highest BCUT2D eigenvalue weighted by atomic mass is 19.1. The fourth-order valence-corrected chi connectivity index (χ4v) is 2.22. The van der Waals surface area contributed by atoms with Gasteiger partial charge in [0.15, 0.2) is 0 Å². The molecule has 1 heterocycles. The van der Waals surface area contributed by atoms with E-state index < -0.39 is 6.04 Å². The van der Waals surface area contributed by atoms with Gasteiger partial charge in [-0.3, -0.25) is 9.59 Å². The van der Waals surface area contributed by atoms with Gasteiger partial charge in [-0.15, -0.1) is 0 Å². The number of piperazine rings is 1. The Balaban J connectivity index is 2.06. The van der Waals surface area contributed by atoms with Gasteiger partial charge in [0.1, 0.15) is 11.9 Å². The van der Waals surface area contributed by atoms with Gasteiger partial charge >= 0.3 is 0 Å². The van der Waals surface area contributed by atoms with E-state index in [1.54, 1.807) is 23.1 Å². The Bertz CT molecular complexity index is 525. The molecule has 4 nitrogen and oxygen atoms in total. The van der Waals surface area contributed by atoms with E-state index >= 15 is 0 Å². The van der Waals surface area contributed by atoms with Crippen LogP contribution in [0.15, 0.2) is 30.3 Å². The van der Waals surface area contributed by atoms with Crippen molar-refractivity contribution in [1.29, 1.82) is 0 Å². The number of hydrogen-bond donors (Lipinski definition) is 1. The minimum absolute atomic E-state index is 0.109. The zero-order valence-electron chi connectivity index (χ0n) is 11.3. The van der Waals surface area contributed by atoms with Crippen LogP contribution in [0.3, 0.4) is 0 Å². The Morgan fingerprint density at radius 1 is 1.45 bits per heavy atom. The molecule has 0 aromatic heterocycles. The summed E-state index contributed by atoms with van der Waals surface area (Å²) in [6.45, 7) is 2.86. The van der Waals surface area contributed by atoms with E-state index in [1.807, 2.05) is 6.92 Å². The SMILES string of the molecule is CC[C@@H]1C(=O)NCCN1C(=O)/C=C\c1ccc(F)cc1. The van der Waals surface area contributed by atoms with Gasteiger partial charge in [-0.1, -0.05) is 19.1 Å². The van der Waals surface area contributed by atoms with E-state index in [9.17, 15) is 14.0 Å². The highest BCUT2D eigenvalue weighted by molar-refractivity contribution is 5.96. The van der Waals surface area contributed by atoms with Gasteiger partial charge < -0.3 is 10.2 Å². The lowest BCUT2D eigenvalue weighted by atomic mass is 10.1. The lowest BCUT2D eigenvalue weighted by Crippen LogP contribution is -2.56. The quantitative estimate of drug-likeness (QED) is 0.852. The van der Waals surface area contributed by atoms with Crippen LogP contribution in [-0.2, 0) is 9.59 Å². The minimum Gasteiger partial charge on any atom is -0.353 e. The van der Waals surface area contributed by atoms with E-state index in [2.05, 4.69) is 5.32 Å². The molecule has 2 rings (SSSR count). The Morgan fingerprint density at radius 2 is 2.15 bits per heavy atom. The number of carbonyl (C=O) groups excluding carboxylic acids is 2. The molecule has 1 N–H and O–H groups in total. The predicted octanol–water partition coefficient (Wildman–Crippen LogP) is 1.58. The third-order valence-electron chi connectivity index (χ3n) is 3.29. The van der Waals surface area contributed by atoms with Gasteiger partial charge in [-0.05, 0) is 30.2 Å². The number of hydrogen-bond acceptors (Lipinski definition) is 2. The van der Waals surface area contributed by atoms with Crippen LogP contribution >= 0.6 is 0 Å². The summed E-state index contributed by atoms with van der Waals surface area (Å²) in [5, 5.41) is 2.75. The van der Waals surface area contributed by atoms with Crippen LogP contribution in [0.25, 0.3) is 6.08 Å². The number of amides is 2. The predicted molar refractivity (Wildman–Crippen MR) is 74.2 cm³/mol. The summed E-state index contributed by atoms with van der Waals surface area (Å²) in [6, 6.07) is 5.47. The molecule has 2 amide bonds. The second-order valence-electron chi connectivity index (χ2n) is 4.63. The van der Waals surface area contributed by atoms with Gasteiger partial charge in [-0.25, -0.2) is 4.39 Å². The van der Waals surface area contributed by atoms with Gasteiger partial charge in [0.25, 0.3) is 0 Å². The normalized spacial score (nSPS) is 19.2. The van der Waals surface area contributed by atoms with Gasteiger partial charge in [0.2, 0.25) is 11.8 Å². The molecule has 0 unspecified atom stereocenters. The first-order valence-electron chi connectivity index (χ1n) is 6.63. The zero-order chi connectivity index (χ0) is 14.5. The molecule has 20 heavy (non-hydrogen) atoms. The van der Waals surface area contributed by atoms with E-state index in [0.29, 0.717) is 19.5 Å². The summed E-state index contributed by atoms with van der Waals surface area (Å²) in [5.41, 5.74) is 0.745. The van der Waals surface area contributed by atoms with Crippen LogP contribution in [-0.4, -0.2) is 35.8 Å². The van der Waals surface area contributed by atoms with Gasteiger partial charge in [0.05, 0.1) is 0 Å². The van der Waals surface area contributed by atoms with Crippen LogP contribution in [0, 0.1) is 5.82 Å². The molecule has 1 aliphatic heterocycles. The van der Waals surface area contributed by atoms with Crippen LogP contribution in [0.4, 0.5) is 4.39 Å². The standard InChI is InChI=1S/C15H17FN2O2/c1-2-13-15(20)17-9-10-18(13)14(19)8-5-11-3-6-12(16)7-4-11/h3-8,13H,2,9-10H2,1H3,(H,17,20)/b8-5-/t13-/m1/s1. The Labute approximate surface area is 117 Å². The first kappa shape index (κ1) is 14.2. The largest absolute Gasteiger partial charge is 0.353 e. The van der Waals surface area contributed by atoms with Crippen molar-refractivity contribution in [1.82, 2.24) is 10.2 Å². The average Bonchev–Trinajstić information content (AvgIpc) is 2.46. The zero-order valence-corrected chi connectivity index (χ0v) is 11.3. The first-order chi connectivity index (χ1) is 9.61. The Kier molecular flexibility index (Phi) is 4.50. The molecule has 1 fully saturated rings. The summed E-state index contributed by atoms with van der Waals surface area (Å²) >= 11 is 0. The van der Waals surface area contributed by atoms with Crippen LogP contribution in [0.5, 0.6) is 0 Å². The maximum Gasteiger partial charge on any atom is 0.247 e.